The van der Waals surface area contributed by atoms with E-state index in [0.29, 0.717) is 19.4 Å². The van der Waals surface area contributed by atoms with Gasteiger partial charge < -0.3 is 14.4 Å². The van der Waals surface area contributed by atoms with Crippen LogP contribution in [-0.2, 0) is 16.4 Å². The Morgan fingerprint density at radius 1 is 1.50 bits per heavy atom. The molecule has 0 radical (unpaired) electrons. The summed E-state index contributed by atoms with van der Waals surface area (Å²) in [5.74, 6) is -1.35. The van der Waals surface area contributed by atoms with Crippen molar-refractivity contribution in [2.24, 2.45) is 0 Å². The third-order valence-electron chi connectivity index (χ3n) is 3.43. The number of aryl methyl sites for hydroxylation is 1. The maximum Gasteiger partial charge on any atom is 0.339 e. The van der Waals surface area contributed by atoms with Crippen molar-refractivity contribution in [2.75, 3.05) is 19.3 Å². The molecule has 1 unspecified atom stereocenters. The van der Waals surface area contributed by atoms with Crippen LogP contribution in [0.15, 0.2) is 10.5 Å². The number of nitrogens with one attached hydrogen (secondary N) is 1. The lowest BCUT2D eigenvalue weighted by Gasteiger charge is -2.15. The summed E-state index contributed by atoms with van der Waals surface area (Å²) in [4.78, 5) is 24.9. The number of sulfonamides is 1. The first-order chi connectivity index (χ1) is 10.2. The summed E-state index contributed by atoms with van der Waals surface area (Å²) < 4.78 is 30.2. The van der Waals surface area contributed by atoms with Gasteiger partial charge in [0.2, 0.25) is 10.0 Å². The Labute approximate surface area is 128 Å². The molecule has 122 valence electrons. The standard InChI is InChI=1S/C13H18N2O6S/c1-3-10-9(13(17)18)6-11(21-10)12(16)15-5-4-8(7-15)14-22(2,19)20/h6,8,14H,3-5,7H2,1-2H3,(H,17,18). The molecule has 0 aliphatic carbocycles. The van der Waals surface area contributed by atoms with Crippen molar-refractivity contribution in [1.82, 2.24) is 9.62 Å². The Morgan fingerprint density at radius 2 is 2.18 bits per heavy atom. The van der Waals surface area contributed by atoms with Gasteiger partial charge in [0.05, 0.1) is 6.26 Å². The van der Waals surface area contributed by atoms with E-state index in [2.05, 4.69) is 4.72 Å². The highest BCUT2D eigenvalue weighted by Gasteiger charge is 2.31. The van der Waals surface area contributed by atoms with Crippen LogP contribution in [0, 0.1) is 0 Å². The highest BCUT2D eigenvalue weighted by Crippen LogP contribution is 2.20. The lowest BCUT2D eigenvalue weighted by Crippen LogP contribution is -2.37. The van der Waals surface area contributed by atoms with Crippen molar-refractivity contribution in [3.05, 3.63) is 23.2 Å². The number of hydrogen-bond donors (Lipinski definition) is 2. The van der Waals surface area contributed by atoms with Gasteiger partial charge >= 0.3 is 5.97 Å². The fraction of sp³-hybridized carbons (Fsp3) is 0.538. The van der Waals surface area contributed by atoms with Crippen molar-refractivity contribution in [3.63, 3.8) is 0 Å². The van der Waals surface area contributed by atoms with Gasteiger partial charge in [0.15, 0.2) is 5.76 Å². The van der Waals surface area contributed by atoms with Crippen molar-refractivity contribution in [2.45, 2.75) is 25.8 Å². The average molecular weight is 330 g/mol. The molecule has 1 saturated heterocycles. The van der Waals surface area contributed by atoms with Gasteiger partial charge in [-0.3, -0.25) is 4.79 Å². The molecule has 1 fully saturated rings. The van der Waals surface area contributed by atoms with Crippen LogP contribution in [-0.4, -0.2) is 55.7 Å². The third-order valence-corrected chi connectivity index (χ3v) is 4.19. The molecular weight excluding hydrogens is 312 g/mol. The van der Waals surface area contributed by atoms with Gasteiger partial charge in [0.25, 0.3) is 5.91 Å². The number of furan rings is 1. The van der Waals surface area contributed by atoms with Crippen LogP contribution < -0.4 is 4.72 Å². The lowest BCUT2D eigenvalue weighted by molar-refractivity contribution is 0.0693. The van der Waals surface area contributed by atoms with Gasteiger partial charge in [-0.25, -0.2) is 17.9 Å². The van der Waals surface area contributed by atoms with Crippen LogP contribution in [0.4, 0.5) is 0 Å². The van der Waals surface area contributed by atoms with E-state index < -0.39 is 21.9 Å². The molecule has 2 rings (SSSR count). The number of carbonyl (C=O) groups is 2. The first-order valence-corrected chi connectivity index (χ1v) is 8.73. The Kier molecular flexibility index (Phi) is 4.57. The van der Waals surface area contributed by atoms with Crippen LogP contribution in [0.5, 0.6) is 0 Å². The largest absolute Gasteiger partial charge is 0.478 e. The maximum atomic E-state index is 12.3. The van der Waals surface area contributed by atoms with E-state index >= 15 is 0 Å². The van der Waals surface area contributed by atoms with E-state index in [0.717, 1.165) is 6.26 Å². The first kappa shape index (κ1) is 16.5. The SMILES string of the molecule is CCc1oc(C(=O)N2CCC(NS(C)(=O)=O)C2)cc1C(=O)O. The van der Waals surface area contributed by atoms with Crippen molar-refractivity contribution >= 4 is 21.9 Å². The first-order valence-electron chi connectivity index (χ1n) is 6.84. The smallest absolute Gasteiger partial charge is 0.339 e. The number of carboxylic acids is 1. The zero-order chi connectivity index (χ0) is 16.5. The molecule has 0 bridgehead atoms. The van der Waals surface area contributed by atoms with Crippen molar-refractivity contribution < 1.29 is 27.5 Å². The van der Waals surface area contributed by atoms with Gasteiger partial charge in [-0.15, -0.1) is 0 Å². The lowest BCUT2D eigenvalue weighted by atomic mass is 10.2. The van der Waals surface area contributed by atoms with Crippen LogP contribution in [0.3, 0.4) is 0 Å². The monoisotopic (exact) mass is 330 g/mol. The van der Waals surface area contributed by atoms with Gasteiger partial charge in [0.1, 0.15) is 11.3 Å². The molecule has 9 heteroatoms. The molecule has 0 spiro atoms. The number of nitrogens with zero attached hydrogens (tertiary/aromatic N) is 1. The molecule has 0 saturated carbocycles. The summed E-state index contributed by atoms with van der Waals surface area (Å²) in [6, 6.07) is 0.888. The van der Waals surface area contributed by atoms with E-state index in [4.69, 9.17) is 9.52 Å². The van der Waals surface area contributed by atoms with Gasteiger partial charge in [-0.2, -0.15) is 0 Å². The molecule has 1 aliphatic rings. The fourth-order valence-corrected chi connectivity index (χ4v) is 3.28. The van der Waals surface area contributed by atoms with Crippen molar-refractivity contribution in [3.8, 4) is 0 Å². The summed E-state index contributed by atoms with van der Waals surface area (Å²) in [5.41, 5.74) is -0.0177. The van der Waals surface area contributed by atoms with Gasteiger partial charge in [-0.1, -0.05) is 6.92 Å². The molecule has 2 heterocycles. The predicted molar refractivity (Wildman–Crippen MR) is 77.3 cm³/mol. The molecule has 1 atom stereocenters. The Morgan fingerprint density at radius 3 is 2.68 bits per heavy atom. The fourth-order valence-electron chi connectivity index (χ4n) is 2.48. The van der Waals surface area contributed by atoms with E-state index in [-0.39, 0.29) is 29.7 Å². The number of aromatic carboxylic acids is 1. The number of rotatable bonds is 5. The number of amides is 1. The molecule has 1 aromatic rings. The summed E-state index contributed by atoms with van der Waals surface area (Å²) in [6.45, 7) is 2.36. The molecule has 22 heavy (non-hydrogen) atoms. The number of likely N-dealkylation sites (tertiary alicyclic amines) is 1. The summed E-state index contributed by atoms with van der Waals surface area (Å²) in [7, 11) is -3.33. The highest BCUT2D eigenvalue weighted by molar-refractivity contribution is 7.88. The zero-order valence-electron chi connectivity index (χ0n) is 12.3. The predicted octanol–water partition coefficient (Wildman–Crippen LogP) is 0.304. The third kappa shape index (κ3) is 3.66. The van der Waals surface area contributed by atoms with Crippen LogP contribution in [0.2, 0.25) is 0 Å². The second-order valence-corrected chi connectivity index (χ2v) is 7.01. The highest BCUT2D eigenvalue weighted by atomic mass is 32.2. The minimum absolute atomic E-state index is 0.0177. The summed E-state index contributed by atoms with van der Waals surface area (Å²) >= 11 is 0. The average Bonchev–Trinajstić information content (AvgIpc) is 3.02. The van der Waals surface area contributed by atoms with Gasteiger partial charge in [-0.05, 0) is 6.42 Å². The van der Waals surface area contributed by atoms with E-state index in [1.807, 2.05) is 0 Å². The minimum Gasteiger partial charge on any atom is -0.478 e. The molecular formula is C13H18N2O6S. The maximum absolute atomic E-state index is 12.3. The van der Waals surface area contributed by atoms with E-state index in [1.165, 1.54) is 11.0 Å². The minimum atomic E-state index is -3.33. The zero-order valence-corrected chi connectivity index (χ0v) is 13.1. The molecule has 1 aromatic heterocycles. The Hall–Kier alpha value is -1.87. The normalized spacial score (nSPS) is 18.6. The summed E-state index contributed by atoms with van der Waals surface area (Å²) in [6.07, 6.45) is 1.94. The van der Waals surface area contributed by atoms with Crippen molar-refractivity contribution in [1.29, 1.82) is 0 Å². The van der Waals surface area contributed by atoms with Crippen LogP contribution >= 0.6 is 0 Å². The van der Waals surface area contributed by atoms with E-state index in [1.54, 1.807) is 6.92 Å². The molecule has 1 aliphatic heterocycles. The Bertz CT molecular complexity index is 693. The molecule has 2 N–H and O–H groups in total. The quantitative estimate of drug-likeness (QED) is 0.802. The topological polar surface area (TPSA) is 117 Å². The molecule has 8 nitrogen and oxygen atoms in total. The second kappa shape index (κ2) is 6.09. The Balaban J connectivity index is 2.11. The second-order valence-electron chi connectivity index (χ2n) is 5.23. The van der Waals surface area contributed by atoms with Gasteiger partial charge in [0, 0.05) is 31.6 Å². The number of hydrogen-bond acceptors (Lipinski definition) is 5. The van der Waals surface area contributed by atoms with E-state index in [9.17, 15) is 18.0 Å². The van der Waals surface area contributed by atoms with Crippen LogP contribution in [0.25, 0.3) is 0 Å². The molecule has 1 amide bonds. The summed E-state index contributed by atoms with van der Waals surface area (Å²) in [5, 5.41) is 9.07. The number of carbonyl (C=O) groups excluding carboxylic acids is 1. The van der Waals surface area contributed by atoms with Crippen LogP contribution in [0.1, 0.15) is 40.0 Å². The number of carboxylic acid groups (broad SMARTS) is 1. The molecule has 0 aromatic carbocycles.